The lowest BCUT2D eigenvalue weighted by molar-refractivity contribution is -0.112. The lowest BCUT2D eigenvalue weighted by Crippen LogP contribution is -2.51. The van der Waals surface area contributed by atoms with Crippen LogP contribution in [0.2, 0.25) is 0 Å². The van der Waals surface area contributed by atoms with Crippen LogP contribution in [0, 0.1) is 0 Å². The zero-order valence-corrected chi connectivity index (χ0v) is 17.2. The second-order valence-corrected chi connectivity index (χ2v) is 7.49. The molecule has 7 nitrogen and oxygen atoms in total. The molecule has 0 radical (unpaired) electrons. The summed E-state index contributed by atoms with van der Waals surface area (Å²) in [5.41, 5.74) is 3.56. The maximum atomic E-state index is 13.0. The highest BCUT2D eigenvalue weighted by Crippen LogP contribution is 2.30. The Balaban J connectivity index is 1.43. The lowest BCUT2D eigenvalue weighted by Gasteiger charge is -2.37. The molecule has 1 fully saturated rings. The molecule has 0 atom stereocenters. The highest BCUT2D eigenvalue weighted by molar-refractivity contribution is 6.54. The average Bonchev–Trinajstić information content (AvgIpc) is 3.00. The number of fused-ring (bicyclic) bond motifs is 1. The number of methoxy groups -OCH3 is 1. The molecule has 2 aromatic carbocycles. The smallest absolute Gasteiger partial charge is 0.280 e. The van der Waals surface area contributed by atoms with E-state index >= 15 is 0 Å². The van der Waals surface area contributed by atoms with Crippen LogP contribution < -0.4 is 14.5 Å². The van der Waals surface area contributed by atoms with E-state index in [1.807, 2.05) is 55.4 Å². The van der Waals surface area contributed by atoms with Crippen molar-refractivity contribution in [3.8, 4) is 5.75 Å². The lowest BCUT2D eigenvalue weighted by atomic mass is 10.1. The van der Waals surface area contributed by atoms with Gasteiger partial charge < -0.3 is 14.6 Å². The van der Waals surface area contributed by atoms with Crippen LogP contribution in [-0.4, -0.2) is 75.6 Å². The number of hydrazone groups is 1. The summed E-state index contributed by atoms with van der Waals surface area (Å²) in [6, 6.07) is 16.1. The minimum Gasteiger partial charge on any atom is -0.497 e. The average molecular weight is 393 g/mol. The van der Waals surface area contributed by atoms with E-state index in [1.165, 1.54) is 5.69 Å². The molecule has 0 aromatic heterocycles. The predicted molar refractivity (Wildman–Crippen MR) is 116 cm³/mol. The van der Waals surface area contributed by atoms with Crippen LogP contribution in [0.25, 0.3) is 0 Å². The third-order valence-electron chi connectivity index (χ3n) is 5.35. The highest BCUT2D eigenvalue weighted by atomic mass is 16.5. The van der Waals surface area contributed by atoms with Gasteiger partial charge in [0.2, 0.25) is 0 Å². The van der Waals surface area contributed by atoms with E-state index in [0.717, 1.165) is 43.2 Å². The number of piperazine rings is 1. The molecule has 0 spiro atoms. The van der Waals surface area contributed by atoms with Crippen molar-refractivity contribution in [3.63, 3.8) is 0 Å². The highest BCUT2D eigenvalue weighted by Gasteiger charge is 2.35. The zero-order chi connectivity index (χ0) is 20.4. The van der Waals surface area contributed by atoms with Gasteiger partial charge in [-0.2, -0.15) is 5.10 Å². The van der Waals surface area contributed by atoms with Gasteiger partial charge in [-0.3, -0.25) is 14.6 Å². The first kappa shape index (κ1) is 19.3. The Hall–Kier alpha value is -3.06. The second kappa shape index (κ2) is 8.13. The molecule has 1 saturated heterocycles. The Labute approximate surface area is 171 Å². The predicted octanol–water partition coefficient (Wildman–Crippen LogP) is 2.09. The van der Waals surface area contributed by atoms with Gasteiger partial charge in [0.25, 0.3) is 5.91 Å². The van der Waals surface area contributed by atoms with E-state index in [1.54, 1.807) is 12.1 Å². The van der Waals surface area contributed by atoms with Crippen molar-refractivity contribution in [3.05, 3.63) is 54.1 Å². The molecule has 0 saturated carbocycles. The molecule has 0 bridgehead atoms. The summed E-state index contributed by atoms with van der Waals surface area (Å²) in [6.45, 7) is 4.23. The van der Waals surface area contributed by atoms with Gasteiger partial charge in [-0.15, -0.1) is 0 Å². The molecule has 4 rings (SSSR count). The number of hydrogen-bond acceptors (Lipinski definition) is 6. The second-order valence-electron chi connectivity index (χ2n) is 7.49. The summed E-state index contributed by atoms with van der Waals surface area (Å²) in [6.07, 6.45) is 0. The Morgan fingerprint density at radius 1 is 1.00 bits per heavy atom. The van der Waals surface area contributed by atoms with Gasteiger partial charge in [-0.05, 0) is 30.3 Å². The van der Waals surface area contributed by atoms with Gasteiger partial charge in [0.05, 0.1) is 19.5 Å². The van der Waals surface area contributed by atoms with Crippen LogP contribution in [-0.2, 0) is 4.79 Å². The van der Waals surface area contributed by atoms with Gasteiger partial charge in [-0.1, -0.05) is 18.2 Å². The number of benzene rings is 2. The fourth-order valence-corrected chi connectivity index (χ4v) is 3.84. The fraction of sp³-hybridized carbons (Fsp3) is 0.364. The molecule has 0 unspecified atom stereocenters. The van der Waals surface area contributed by atoms with Crippen molar-refractivity contribution in [1.29, 1.82) is 0 Å². The SMILES string of the molecule is COc1ccc(N2CCN(CN3C(=O)/C(=N/N(C)C)c4ccccc43)CC2)cc1. The third kappa shape index (κ3) is 3.91. The van der Waals surface area contributed by atoms with E-state index in [9.17, 15) is 4.79 Å². The normalized spacial score (nSPS) is 18.3. The van der Waals surface area contributed by atoms with Crippen molar-refractivity contribution in [2.75, 3.05) is 63.9 Å². The summed E-state index contributed by atoms with van der Waals surface area (Å²) >= 11 is 0. The largest absolute Gasteiger partial charge is 0.497 e. The van der Waals surface area contributed by atoms with E-state index in [2.05, 4.69) is 27.0 Å². The van der Waals surface area contributed by atoms with Crippen molar-refractivity contribution in [2.24, 2.45) is 5.10 Å². The summed E-state index contributed by atoms with van der Waals surface area (Å²) in [5.74, 6) is 0.839. The minimum absolute atomic E-state index is 0.0301. The quantitative estimate of drug-likeness (QED) is 0.728. The van der Waals surface area contributed by atoms with Crippen molar-refractivity contribution >= 4 is 23.0 Å². The van der Waals surface area contributed by atoms with Crippen LogP contribution in [0.15, 0.2) is 53.6 Å². The Bertz CT molecular complexity index is 902. The number of nitrogens with zero attached hydrogens (tertiary/aromatic N) is 5. The number of rotatable bonds is 5. The third-order valence-corrected chi connectivity index (χ3v) is 5.35. The fourth-order valence-electron chi connectivity index (χ4n) is 3.84. The first-order valence-electron chi connectivity index (χ1n) is 9.85. The molecular weight excluding hydrogens is 366 g/mol. The van der Waals surface area contributed by atoms with Crippen LogP contribution in [0.1, 0.15) is 5.56 Å². The van der Waals surface area contributed by atoms with Crippen LogP contribution >= 0.6 is 0 Å². The minimum atomic E-state index is -0.0301. The maximum absolute atomic E-state index is 13.0. The van der Waals surface area contributed by atoms with Gasteiger partial charge in [0.1, 0.15) is 5.75 Å². The standard InChI is InChI=1S/C22H27N5O2/c1-24(2)23-21-19-6-4-5-7-20(19)27(22(21)28)16-25-12-14-26(15-13-25)17-8-10-18(29-3)11-9-17/h4-11H,12-16H2,1-3H3/b23-21+. The maximum Gasteiger partial charge on any atom is 0.280 e. The van der Waals surface area contributed by atoms with Crippen molar-refractivity contribution < 1.29 is 9.53 Å². The van der Waals surface area contributed by atoms with E-state index in [-0.39, 0.29) is 5.91 Å². The number of ether oxygens (including phenoxy) is 1. The number of amides is 1. The summed E-state index contributed by atoms with van der Waals surface area (Å²) < 4.78 is 5.24. The van der Waals surface area contributed by atoms with Crippen molar-refractivity contribution in [2.45, 2.75) is 0 Å². The molecule has 29 heavy (non-hydrogen) atoms. The van der Waals surface area contributed by atoms with Gasteiger partial charge in [0.15, 0.2) is 5.71 Å². The molecular formula is C22H27N5O2. The number of carbonyl (C=O) groups excluding carboxylic acids is 1. The molecule has 2 heterocycles. The van der Waals surface area contributed by atoms with Gasteiger partial charge in [0, 0.05) is 51.5 Å². The van der Waals surface area contributed by atoms with E-state index < -0.39 is 0 Å². The van der Waals surface area contributed by atoms with Crippen LogP contribution in [0.4, 0.5) is 11.4 Å². The number of hydrogen-bond donors (Lipinski definition) is 0. The van der Waals surface area contributed by atoms with E-state index in [4.69, 9.17) is 4.74 Å². The Kier molecular flexibility index (Phi) is 5.40. The molecule has 152 valence electrons. The summed E-state index contributed by atoms with van der Waals surface area (Å²) in [5, 5.41) is 6.11. The van der Waals surface area contributed by atoms with Gasteiger partial charge >= 0.3 is 0 Å². The Morgan fingerprint density at radius 2 is 1.69 bits per heavy atom. The molecule has 1 amide bonds. The van der Waals surface area contributed by atoms with Crippen molar-refractivity contribution in [1.82, 2.24) is 9.91 Å². The summed E-state index contributed by atoms with van der Waals surface area (Å²) in [7, 11) is 5.36. The Morgan fingerprint density at radius 3 is 2.34 bits per heavy atom. The number of anilines is 2. The number of carbonyl (C=O) groups is 1. The molecule has 0 aliphatic carbocycles. The molecule has 2 aliphatic heterocycles. The molecule has 2 aliphatic rings. The zero-order valence-electron chi connectivity index (χ0n) is 17.2. The van der Waals surface area contributed by atoms with Crippen LogP contribution in [0.3, 0.4) is 0 Å². The topological polar surface area (TPSA) is 51.6 Å². The van der Waals surface area contributed by atoms with Gasteiger partial charge in [-0.25, -0.2) is 0 Å². The molecule has 0 N–H and O–H groups in total. The first-order valence-corrected chi connectivity index (χ1v) is 9.85. The number of para-hydroxylation sites is 1. The van der Waals surface area contributed by atoms with Crippen LogP contribution in [0.5, 0.6) is 5.75 Å². The molecule has 2 aromatic rings. The first-order chi connectivity index (χ1) is 14.1. The monoisotopic (exact) mass is 393 g/mol. The van der Waals surface area contributed by atoms with E-state index in [0.29, 0.717) is 12.4 Å². The molecule has 7 heteroatoms. The summed E-state index contributed by atoms with van der Waals surface area (Å²) in [4.78, 5) is 19.6.